The van der Waals surface area contributed by atoms with E-state index in [1.807, 2.05) is 45.2 Å². The summed E-state index contributed by atoms with van der Waals surface area (Å²) in [5, 5.41) is 8.35. The fourth-order valence-electron chi connectivity index (χ4n) is 0.0598. The van der Waals surface area contributed by atoms with Gasteiger partial charge in [0.05, 0.1) is 9.65 Å². The van der Waals surface area contributed by atoms with Crippen LogP contribution >= 0.6 is 56.8 Å². The van der Waals surface area contributed by atoms with Gasteiger partial charge in [-0.2, -0.15) is 0 Å². The second kappa shape index (κ2) is 4.34. The van der Waals surface area contributed by atoms with Gasteiger partial charge in [-0.05, 0) is 45.2 Å². The fraction of sp³-hybridized carbons (Fsp3) is 0.333. The molecule has 1 N–H and O–H groups in total. The molecule has 0 bridgehead atoms. The van der Waals surface area contributed by atoms with E-state index < -0.39 is 0 Å². The molecule has 0 rings (SSSR count). The van der Waals surface area contributed by atoms with Crippen LogP contribution in [0.1, 0.15) is 0 Å². The van der Waals surface area contributed by atoms with E-state index in [-0.39, 0.29) is 6.61 Å². The highest BCUT2D eigenvalue weighted by atomic mass is 127. The second-order valence-corrected chi connectivity index (χ2v) is 4.22. The van der Waals surface area contributed by atoms with Crippen molar-refractivity contribution in [3.05, 3.63) is 6.62 Å². The van der Waals surface area contributed by atoms with E-state index >= 15 is 0 Å². The van der Waals surface area contributed by atoms with Crippen molar-refractivity contribution < 1.29 is 5.11 Å². The third kappa shape index (κ3) is 3.99. The maximum atomic E-state index is 8.35. The van der Waals surface area contributed by atoms with Gasteiger partial charge in [0.25, 0.3) is 0 Å². The summed E-state index contributed by atoms with van der Waals surface area (Å²) in [4.78, 5) is 0. The Morgan fingerprint density at radius 2 is 2.00 bits per heavy atom. The zero-order valence-electron chi connectivity index (χ0n) is 3.29. The SMILES string of the molecule is OCC(I)=C(Cl)I. The van der Waals surface area contributed by atoms with Gasteiger partial charge in [0.1, 0.15) is 0 Å². The highest BCUT2D eigenvalue weighted by Gasteiger charge is 1.91. The molecule has 42 valence electrons. The van der Waals surface area contributed by atoms with E-state index in [0.717, 1.165) is 3.58 Å². The van der Waals surface area contributed by atoms with Crippen molar-refractivity contribution in [3.8, 4) is 0 Å². The molecule has 0 heterocycles. The first-order valence-electron chi connectivity index (χ1n) is 1.49. The zero-order chi connectivity index (χ0) is 5.86. The molecule has 4 heteroatoms. The van der Waals surface area contributed by atoms with Crippen molar-refractivity contribution >= 4 is 56.8 Å². The molecule has 0 saturated carbocycles. The molecule has 1 nitrogen and oxygen atoms in total. The highest BCUT2D eigenvalue weighted by molar-refractivity contribution is 14.1. The molecule has 0 aromatic heterocycles. The molecule has 0 aromatic rings. The Bertz CT molecular complexity index is 86.9. The van der Waals surface area contributed by atoms with Crippen molar-refractivity contribution in [3.63, 3.8) is 0 Å². The Kier molecular flexibility index (Phi) is 5.24. The molecular weight excluding hydrogens is 341 g/mol. The topological polar surface area (TPSA) is 20.2 Å². The quantitative estimate of drug-likeness (QED) is 0.724. The minimum atomic E-state index is 0.0440. The van der Waals surface area contributed by atoms with Crippen LogP contribution in [0.2, 0.25) is 0 Å². The normalized spacial score (nSPS) is 13.7. The summed E-state index contributed by atoms with van der Waals surface area (Å²) in [6.07, 6.45) is 0. The predicted octanol–water partition coefficient (Wildman–Crippen LogP) is 2.26. The summed E-state index contributed by atoms with van der Waals surface area (Å²) in [6, 6.07) is 0. The number of halogens is 3. The number of hydrogen-bond acceptors (Lipinski definition) is 1. The van der Waals surface area contributed by atoms with Crippen LogP contribution in [0.25, 0.3) is 0 Å². The molecule has 0 fully saturated rings. The van der Waals surface area contributed by atoms with E-state index in [4.69, 9.17) is 16.7 Å². The van der Waals surface area contributed by atoms with Crippen molar-refractivity contribution in [1.29, 1.82) is 0 Å². The van der Waals surface area contributed by atoms with Crippen LogP contribution < -0.4 is 0 Å². The van der Waals surface area contributed by atoms with Gasteiger partial charge < -0.3 is 5.11 Å². The summed E-state index contributed by atoms with van der Waals surface area (Å²) in [5.41, 5.74) is 0. The lowest BCUT2D eigenvalue weighted by Crippen LogP contribution is -1.77. The second-order valence-electron chi connectivity index (χ2n) is 0.823. The molecule has 0 aliphatic rings. The maximum absolute atomic E-state index is 8.35. The molecule has 7 heavy (non-hydrogen) atoms. The average Bonchev–Trinajstić information content (AvgIpc) is 1.65. The Morgan fingerprint density at radius 3 is 2.00 bits per heavy atom. The lowest BCUT2D eigenvalue weighted by atomic mass is 10.7. The van der Waals surface area contributed by atoms with Gasteiger partial charge in [-0.25, -0.2) is 0 Å². The van der Waals surface area contributed by atoms with Crippen molar-refractivity contribution in [2.45, 2.75) is 0 Å². The molecule has 0 aromatic carbocycles. The Balaban J connectivity index is 3.72. The fourth-order valence-corrected chi connectivity index (χ4v) is 0.290. The summed E-state index contributed by atoms with van der Waals surface area (Å²) in [6.45, 7) is 0.0440. The molecule has 0 aliphatic heterocycles. The zero-order valence-corrected chi connectivity index (χ0v) is 8.36. The van der Waals surface area contributed by atoms with E-state index in [2.05, 4.69) is 0 Å². The summed E-state index contributed by atoms with van der Waals surface area (Å²) in [5.74, 6) is 0. The molecule has 0 radical (unpaired) electrons. The van der Waals surface area contributed by atoms with Gasteiger partial charge in [-0.15, -0.1) is 0 Å². The largest absolute Gasteiger partial charge is 0.391 e. The van der Waals surface area contributed by atoms with Crippen molar-refractivity contribution in [2.24, 2.45) is 0 Å². The van der Waals surface area contributed by atoms with E-state index in [9.17, 15) is 0 Å². The number of rotatable bonds is 1. The van der Waals surface area contributed by atoms with Gasteiger partial charge >= 0.3 is 0 Å². The van der Waals surface area contributed by atoms with E-state index in [0.29, 0.717) is 3.04 Å². The minimum Gasteiger partial charge on any atom is -0.391 e. The van der Waals surface area contributed by atoms with Crippen LogP contribution in [0.3, 0.4) is 0 Å². The maximum Gasteiger partial charge on any atom is 0.0904 e. The molecule has 0 atom stereocenters. The van der Waals surface area contributed by atoms with Crippen LogP contribution in [0.4, 0.5) is 0 Å². The smallest absolute Gasteiger partial charge is 0.0904 e. The number of aliphatic hydroxyl groups is 1. The molecule has 0 unspecified atom stereocenters. The third-order valence-electron chi connectivity index (χ3n) is 0.344. The van der Waals surface area contributed by atoms with Gasteiger partial charge in [0.2, 0.25) is 0 Å². The van der Waals surface area contributed by atoms with Gasteiger partial charge in [0.15, 0.2) is 0 Å². The first-order chi connectivity index (χ1) is 3.18. The molecule has 0 amide bonds. The van der Waals surface area contributed by atoms with Crippen LogP contribution in [0.5, 0.6) is 0 Å². The van der Waals surface area contributed by atoms with E-state index in [1.54, 1.807) is 0 Å². The highest BCUT2D eigenvalue weighted by Crippen LogP contribution is 2.21. The molecule has 0 spiro atoms. The Labute approximate surface area is 74.4 Å². The molecular formula is C3H3ClI2O. The molecule has 0 saturated heterocycles. The van der Waals surface area contributed by atoms with Gasteiger partial charge in [-0.3, -0.25) is 0 Å². The lowest BCUT2D eigenvalue weighted by molar-refractivity contribution is 0.341. The predicted molar refractivity (Wildman–Crippen MR) is 48.0 cm³/mol. The third-order valence-corrected chi connectivity index (χ3v) is 3.45. The average molecular weight is 344 g/mol. The Morgan fingerprint density at radius 1 is 1.57 bits per heavy atom. The van der Waals surface area contributed by atoms with Crippen molar-refractivity contribution in [1.82, 2.24) is 0 Å². The van der Waals surface area contributed by atoms with Crippen molar-refractivity contribution in [2.75, 3.05) is 6.61 Å². The lowest BCUT2D eigenvalue weighted by Gasteiger charge is -1.87. The monoisotopic (exact) mass is 344 g/mol. The van der Waals surface area contributed by atoms with Crippen LogP contribution in [0.15, 0.2) is 6.62 Å². The summed E-state index contributed by atoms with van der Waals surface area (Å²) < 4.78 is 1.43. The standard InChI is InChI=1S/C3H3ClI2O/c4-3(6)2(5)1-7/h7H,1H2. The van der Waals surface area contributed by atoms with Gasteiger partial charge in [0, 0.05) is 3.58 Å². The molecule has 0 aliphatic carbocycles. The summed E-state index contributed by atoms with van der Waals surface area (Å²) >= 11 is 9.36. The number of aliphatic hydroxyl groups excluding tert-OH is 1. The number of hydrogen-bond donors (Lipinski definition) is 1. The Hall–Kier alpha value is 1.45. The first-order valence-corrected chi connectivity index (χ1v) is 4.02. The minimum absolute atomic E-state index is 0.0440. The van der Waals surface area contributed by atoms with Crippen LogP contribution in [0, 0.1) is 0 Å². The van der Waals surface area contributed by atoms with Crippen LogP contribution in [-0.2, 0) is 0 Å². The first kappa shape index (κ1) is 8.45. The van der Waals surface area contributed by atoms with E-state index in [1.165, 1.54) is 0 Å². The van der Waals surface area contributed by atoms with Crippen LogP contribution in [-0.4, -0.2) is 11.7 Å². The summed E-state index contributed by atoms with van der Waals surface area (Å²) in [7, 11) is 0. The van der Waals surface area contributed by atoms with Gasteiger partial charge in [-0.1, -0.05) is 11.6 Å².